The third-order valence-electron chi connectivity index (χ3n) is 3.50. The maximum absolute atomic E-state index is 11.7. The predicted octanol–water partition coefficient (Wildman–Crippen LogP) is 1.30. The van der Waals surface area contributed by atoms with Crippen LogP contribution in [0.25, 0.3) is 0 Å². The lowest BCUT2D eigenvalue weighted by atomic mass is 9.97. The summed E-state index contributed by atoms with van der Waals surface area (Å²) in [6.07, 6.45) is 4.11. The summed E-state index contributed by atoms with van der Waals surface area (Å²) in [4.78, 5) is 14.0. The van der Waals surface area contributed by atoms with E-state index in [1.807, 2.05) is 0 Å². The van der Waals surface area contributed by atoms with Crippen LogP contribution in [-0.2, 0) is 7.05 Å². The van der Waals surface area contributed by atoms with E-state index in [0.29, 0.717) is 10.4 Å². The summed E-state index contributed by atoms with van der Waals surface area (Å²) in [6, 6.07) is 0. The Morgan fingerprint density at radius 1 is 1.44 bits per heavy atom. The van der Waals surface area contributed by atoms with Crippen molar-refractivity contribution in [3.8, 4) is 0 Å². The van der Waals surface area contributed by atoms with Gasteiger partial charge >= 0.3 is 0 Å². The Labute approximate surface area is 115 Å². The van der Waals surface area contributed by atoms with Gasteiger partial charge in [-0.1, -0.05) is 0 Å². The van der Waals surface area contributed by atoms with Gasteiger partial charge in [-0.05, 0) is 54.8 Å². The topological polar surface area (TPSA) is 50.2 Å². The molecule has 18 heavy (non-hydrogen) atoms. The monoisotopic (exact) mass is 314 g/mol. The first-order valence-electron chi connectivity index (χ1n) is 6.22. The van der Waals surface area contributed by atoms with Gasteiger partial charge in [0.15, 0.2) is 0 Å². The highest BCUT2D eigenvalue weighted by Gasteiger charge is 2.17. The summed E-state index contributed by atoms with van der Waals surface area (Å²) in [7, 11) is 3.80. The second-order valence-electron chi connectivity index (χ2n) is 4.93. The van der Waals surface area contributed by atoms with Crippen LogP contribution in [-0.4, -0.2) is 41.4 Å². The summed E-state index contributed by atoms with van der Waals surface area (Å²) in [5, 5.41) is 7.34. The average molecular weight is 315 g/mol. The van der Waals surface area contributed by atoms with E-state index in [-0.39, 0.29) is 5.56 Å². The molecule has 0 atom stereocenters. The molecule has 1 fully saturated rings. The molecule has 5 nitrogen and oxygen atoms in total. The summed E-state index contributed by atoms with van der Waals surface area (Å²) in [5.41, 5.74) is 0.681. The van der Waals surface area contributed by atoms with Crippen LogP contribution in [0.5, 0.6) is 0 Å². The largest absolute Gasteiger partial charge is 0.382 e. The first kappa shape index (κ1) is 13.5. The van der Waals surface area contributed by atoms with Gasteiger partial charge in [-0.25, -0.2) is 4.68 Å². The molecule has 1 aliphatic heterocycles. The zero-order chi connectivity index (χ0) is 13.1. The standard InChI is InChI=1S/C12H19BrN4O/c1-16-5-3-9(4-6-16)7-14-10-8-15-17(2)12(18)11(10)13/h8-9,14H,3-7H2,1-2H3. The first-order valence-corrected chi connectivity index (χ1v) is 7.01. The smallest absolute Gasteiger partial charge is 0.282 e. The van der Waals surface area contributed by atoms with Gasteiger partial charge in [-0.15, -0.1) is 0 Å². The average Bonchev–Trinajstić information content (AvgIpc) is 2.37. The summed E-state index contributed by atoms with van der Waals surface area (Å²) in [5.74, 6) is 0.678. The van der Waals surface area contributed by atoms with E-state index in [9.17, 15) is 4.79 Å². The third-order valence-corrected chi connectivity index (χ3v) is 4.26. The van der Waals surface area contributed by atoms with E-state index in [0.717, 1.165) is 25.3 Å². The SMILES string of the molecule is CN1CCC(CNc2cnn(C)c(=O)c2Br)CC1. The Morgan fingerprint density at radius 3 is 2.78 bits per heavy atom. The van der Waals surface area contributed by atoms with E-state index in [2.05, 4.69) is 38.3 Å². The van der Waals surface area contributed by atoms with Crippen LogP contribution in [0, 0.1) is 5.92 Å². The fourth-order valence-electron chi connectivity index (χ4n) is 2.15. The van der Waals surface area contributed by atoms with Crippen LogP contribution >= 0.6 is 15.9 Å². The number of nitrogens with zero attached hydrogens (tertiary/aromatic N) is 3. The number of nitrogens with one attached hydrogen (secondary N) is 1. The van der Waals surface area contributed by atoms with E-state index in [4.69, 9.17) is 0 Å². The lowest BCUT2D eigenvalue weighted by molar-refractivity contribution is 0.226. The lowest BCUT2D eigenvalue weighted by Crippen LogP contribution is -2.33. The maximum Gasteiger partial charge on any atom is 0.282 e. The molecule has 100 valence electrons. The molecular formula is C12H19BrN4O. The molecule has 0 radical (unpaired) electrons. The number of aromatic nitrogens is 2. The number of hydrogen-bond acceptors (Lipinski definition) is 4. The van der Waals surface area contributed by atoms with Gasteiger partial charge in [0, 0.05) is 13.6 Å². The zero-order valence-electron chi connectivity index (χ0n) is 10.8. The molecule has 0 unspecified atom stereocenters. The third kappa shape index (κ3) is 3.11. The summed E-state index contributed by atoms with van der Waals surface area (Å²) in [6.45, 7) is 3.21. The van der Waals surface area contributed by atoms with E-state index < -0.39 is 0 Å². The van der Waals surface area contributed by atoms with E-state index in [1.165, 1.54) is 17.5 Å². The molecule has 6 heteroatoms. The van der Waals surface area contributed by atoms with Gasteiger partial charge in [-0.3, -0.25) is 4.79 Å². The Kier molecular flexibility index (Phi) is 4.40. The number of likely N-dealkylation sites (tertiary alicyclic amines) is 1. The number of halogens is 1. The van der Waals surface area contributed by atoms with E-state index in [1.54, 1.807) is 13.2 Å². The molecule has 1 saturated heterocycles. The minimum Gasteiger partial charge on any atom is -0.382 e. The van der Waals surface area contributed by atoms with Gasteiger partial charge < -0.3 is 10.2 Å². The molecule has 1 aliphatic rings. The number of aryl methyl sites for hydroxylation is 1. The highest BCUT2D eigenvalue weighted by molar-refractivity contribution is 9.10. The van der Waals surface area contributed by atoms with Crippen LogP contribution in [0.15, 0.2) is 15.5 Å². The van der Waals surface area contributed by atoms with Gasteiger partial charge in [0.2, 0.25) is 0 Å². The van der Waals surface area contributed by atoms with Crippen molar-refractivity contribution in [1.82, 2.24) is 14.7 Å². The summed E-state index contributed by atoms with van der Waals surface area (Å²) >= 11 is 3.32. The molecule has 0 amide bonds. The molecule has 0 saturated carbocycles. The molecule has 1 aromatic rings. The molecule has 2 rings (SSSR count). The highest BCUT2D eigenvalue weighted by atomic mass is 79.9. The van der Waals surface area contributed by atoms with Gasteiger partial charge in [-0.2, -0.15) is 5.10 Å². The molecule has 0 aliphatic carbocycles. The van der Waals surface area contributed by atoms with Crippen LogP contribution in [0.3, 0.4) is 0 Å². The number of hydrogen-bond donors (Lipinski definition) is 1. The molecule has 1 aromatic heterocycles. The van der Waals surface area contributed by atoms with Crippen LogP contribution in [0.4, 0.5) is 5.69 Å². The first-order chi connectivity index (χ1) is 8.58. The normalized spacial score (nSPS) is 17.9. The summed E-state index contributed by atoms with van der Waals surface area (Å²) < 4.78 is 1.89. The Bertz CT molecular complexity index is 466. The van der Waals surface area contributed by atoms with E-state index >= 15 is 0 Å². The van der Waals surface area contributed by atoms with Crippen LogP contribution < -0.4 is 10.9 Å². The predicted molar refractivity (Wildman–Crippen MR) is 75.9 cm³/mol. The molecule has 0 aromatic carbocycles. The second kappa shape index (κ2) is 5.84. The van der Waals surface area contributed by atoms with Crippen molar-refractivity contribution >= 4 is 21.6 Å². The number of anilines is 1. The Morgan fingerprint density at radius 2 is 2.11 bits per heavy atom. The van der Waals surface area contributed by atoms with Gasteiger partial charge in [0.1, 0.15) is 4.47 Å². The van der Waals surface area contributed by atoms with Crippen LogP contribution in [0.1, 0.15) is 12.8 Å². The minimum absolute atomic E-state index is 0.108. The molecular weight excluding hydrogens is 296 g/mol. The maximum atomic E-state index is 11.7. The number of rotatable bonds is 3. The van der Waals surface area contributed by atoms with Crippen molar-refractivity contribution in [3.05, 3.63) is 21.0 Å². The molecule has 2 heterocycles. The minimum atomic E-state index is -0.108. The van der Waals surface area contributed by atoms with Crippen molar-refractivity contribution in [2.24, 2.45) is 13.0 Å². The van der Waals surface area contributed by atoms with Gasteiger partial charge in [0.25, 0.3) is 5.56 Å². The highest BCUT2D eigenvalue weighted by Crippen LogP contribution is 2.20. The lowest BCUT2D eigenvalue weighted by Gasteiger charge is -2.29. The fraction of sp³-hybridized carbons (Fsp3) is 0.667. The molecule has 1 N–H and O–H groups in total. The Hall–Kier alpha value is -0.880. The van der Waals surface area contributed by atoms with Crippen LogP contribution in [0.2, 0.25) is 0 Å². The molecule has 0 spiro atoms. The van der Waals surface area contributed by atoms with Crippen molar-refractivity contribution in [2.45, 2.75) is 12.8 Å². The van der Waals surface area contributed by atoms with Gasteiger partial charge in [0.05, 0.1) is 11.9 Å². The fourth-order valence-corrected chi connectivity index (χ4v) is 2.65. The second-order valence-corrected chi connectivity index (χ2v) is 5.72. The quantitative estimate of drug-likeness (QED) is 0.913. The van der Waals surface area contributed by atoms with Crippen molar-refractivity contribution < 1.29 is 0 Å². The zero-order valence-corrected chi connectivity index (χ0v) is 12.4. The number of piperidine rings is 1. The van der Waals surface area contributed by atoms with Crippen molar-refractivity contribution in [3.63, 3.8) is 0 Å². The van der Waals surface area contributed by atoms with Crippen molar-refractivity contribution in [2.75, 3.05) is 32.0 Å². The van der Waals surface area contributed by atoms with Crippen molar-refractivity contribution in [1.29, 1.82) is 0 Å². The molecule has 0 bridgehead atoms. The Balaban J connectivity index is 1.94.